The molecule has 4 rings (SSSR count). The van der Waals surface area contributed by atoms with Gasteiger partial charge in [-0.05, 0) is 13.3 Å². The molecule has 10 nitrogen and oxygen atoms in total. The topological polar surface area (TPSA) is 118 Å². The van der Waals surface area contributed by atoms with Crippen LogP contribution in [0.15, 0.2) is 12.2 Å². The van der Waals surface area contributed by atoms with Gasteiger partial charge in [-0.25, -0.2) is 9.59 Å². The minimum atomic E-state index is -0.758. The highest BCUT2D eigenvalue weighted by molar-refractivity contribution is 5.89. The molecule has 2 bridgehead atoms. The maximum atomic E-state index is 12.8. The Labute approximate surface area is 179 Å². The van der Waals surface area contributed by atoms with Gasteiger partial charge in [0, 0.05) is 37.0 Å². The van der Waals surface area contributed by atoms with Crippen LogP contribution in [0.5, 0.6) is 0 Å². The molecular weight excluding hydrogens is 410 g/mol. The molecule has 6 atom stereocenters. The van der Waals surface area contributed by atoms with E-state index in [1.807, 2.05) is 0 Å². The molecule has 0 aromatic carbocycles. The summed E-state index contributed by atoms with van der Waals surface area (Å²) >= 11 is 0. The summed E-state index contributed by atoms with van der Waals surface area (Å²) in [7, 11) is 0. The molecule has 0 spiro atoms. The molecule has 2 aliphatic heterocycles. The Bertz CT molecular complexity index is 775. The molecule has 2 heterocycles. The fourth-order valence-electron chi connectivity index (χ4n) is 5.10. The van der Waals surface area contributed by atoms with Crippen LogP contribution in [-0.4, -0.2) is 87.0 Å². The van der Waals surface area contributed by atoms with Crippen LogP contribution in [0.4, 0.5) is 0 Å². The Kier molecular flexibility index (Phi) is 6.29. The lowest BCUT2D eigenvalue weighted by molar-refractivity contribution is -0.171. The van der Waals surface area contributed by atoms with Crippen molar-refractivity contribution in [2.45, 2.75) is 25.6 Å². The highest BCUT2D eigenvalue weighted by Crippen LogP contribution is 2.58. The number of nitrogens with zero attached hydrogens (tertiary/aromatic N) is 1. The van der Waals surface area contributed by atoms with Crippen molar-refractivity contribution in [3.05, 3.63) is 12.2 Å². The predicted molar refractivity (Wildman–Crippen MR) is 102 cm³/mol. The smallest absolute Gasteiger partial charge is 0.344 e. The second-order valence-corrected chi connectivity index (χ2v) is 8.45. The van der Waals surface area contributed by atoms with E-state index in [0.29, 0.717) is 26.2 Å². The summed E-state index contributed by atoms with van der Waals surface area (Å²) in [6, 6.07) is 0. The van der Waals surface area contributed by atoms with Crippen LogP contribution in [0.25, 0.3) is 0 Å². The fraction of sp³-hybridized carbons (Fsp3) is 0.714. The molecule has 0 amide bonds. The molecule has 0 radical (unpaired) electrons. The van der Waals surface area contributed by atoms with Gasteiger partial charge in [-0.1, -0.05) is 6.58 Å². The Morgan fingerprint density at radius 3 is 2.61 bits per heavy atom. The second-order valence-electron chi connectivity index (χ2n) is 8.45. The van der Waals surface area contributed by atoms with Crippen LogP contribution in [0, 0.1) is 23.7 Å². The van der Waals surface area contributed by atoms with Gasteiger partial charge in [0.2, 0.25) is 0 Å². The van der Waals surface area contributed by atoms with Gasteiger partial charge in [0.05, 0.1) is 25.0 Å². The van der Waals surface area contributed by atoms with Gasteiger partial charge in [-0.15, -0.1) is 0 Å². The van der Waals surface area contributed by atoms with Gasteiger partial charge in [0.1, 0.15) is 18.8 Å². The number of rotatable bonds is 8. The van der Waals surface area contributed by atoms with Crippen LogP contribution in [0.3, 0.4) is 0 Å². The van der Waals surface area contributed by atoms with Gasteiger partial charge in [-0.3, -0.25) is 14.5 Å². The average Bonchev–Trinajstić information content (AvgIpc) is 3.36. The Morgan fingerprint density at radius 2 is 1.90 bits per heavy atom. The van der Waals surface area contributed by atoms with Gasteiger partial charge in [0.25, 0.3) is 0 Å². The molecule has 170 valence electrons. The lowest BCUT2D eigenvalue weighted by Gasteiger charge is -2.30. The first-order valence-corrected chi connectivity index (χ1v) is 10.6. The minimum absolute atomic E-state index is 0.167. The van der Waals surface area contributed by atoms with E-state index in [9.17, 15) is 19.2 Å². The molecule has 2 saturated carbocycles. The standard InChI is InChI=1S/C21H27NO9/c1-11(2)19(24)29-10-14(23)30-17-12-9-13-16(21(26)31-18(13)17)15(12)20(25)28-8-5-22-3-6-27-7-4-22/h12-13,15-18H,1,3-10H2,2H3. The van der Waals surface area contributed by atoms with Gasteiger partial charge < -0.3 is 23.7 Å². The van der Waals surface area contributed by atoms with Gasteiger partial charge in [-0.2, -0.15) is 0 Å². The van der Waals surface area contributed by atoms with E-state index in [0.717, 1.165) is 13.1 Å². The summed E-state index contributed by atoms with van der Waals surface area (Å²) in [6.45, 7) is 8.05. The number of carbonyl (C=O) groups is 4. The SMILES string of the molecule is C=C(C)C(=O)OCC(=O)OC1C2CC3C1OC(=O)C3C2C(=O)OCCN1CCOCC1. The van der Waals surface area contributed by atoms with E-state index in [4.69, 9.17) is 23.7 Å². The van der Waals surface area contributed by atoms with Crippen molar-refractivity contribution in [1.82, 2.24) is 4.90 Å². The van der Waals surface area contributed by atoms with E-state index < -0.39 is 54.5 Å². The Morgan fingerprint density at radius 1 is 1.16 bits per heavy atom. The van der Waals surface area contributed by atoms with Gasteiger partial charge in [0.15, 0.2) is 6.61 Å². The molecule has 4 aliphatic rings. The van der Waals surface area contributed by atoms with E-state index in [-0.39, 0.29) is 24.0 Å². The molecule has 2 aliphatic carbocycles. The first kappa shape index (κ1) is 21.8. The third-order valence-electron chi connectivity index (χ3n) is 6.51. The van der Waals surface area contributed by atoms with Crippen LogP contribution in [-0.2, 0) is 42.9 Å². The zero-order valence-corrected chi connectivity index (χ0v) is 17.4. The lowest BCUT2D eigenvalue weighted by atomic mass is 9.78. The maximum absolute atomic E-state index is 12.8. The number of carbonyl (C=O) groups excluding carboxylic acids is 4. The molecule has 0 aromatic rings. The number of morpholine rings is 1. The summed E-state index contributed by atoms with van der Waals surface area (Å²) in [4.78, 5) is 51.0. The predicted octanol–water partition coefficient (Wildman–Crippen LogP) is -0.300. The van der Waals surface area contributed by atoms with Crippen molar-refractivity contribution in [1.29, 1.82) is 0 Å². The Balaban J connectivity index is 1.34. The summed E-state index contributed by atoms with van der Waals surface area (Å²) in [5, 5.41) is 0. The molecule has 2 saturated heterocycles. The van der Waals surface area contributed by atoms with Crippen LogP contribution in [0.2, 0.25) is 0 Å². The van der Waals surface area contributed by atoms with Crippen molar-refractivity contribution in [3.63, 3.8) is 0 Å². The highest BCUT2D eigenvalue weighted by atomic mass is 16.6. The number of ether oxygens (including phenoxy) is 5. The van der Waals surface area contributed by atoms with Crippen molar-refractivity contribution >= 4 is 23.9 Å². The minimum Gasteiger partial charge on any atom is -0.464 e. The van der Waals surface area contributed by atoms with Crippen molar-refractivity contribution < 1.29 is 42.9 Å². The quantitative estimate of drug-likeness (QED) is 0.285. The number of hydrogen-bond donors (Lipinski definition) is 0. The van der Waals surface area contributed by atoms with Crippen LogP contribution in [0.1, 0.15) is 13.3 Å². The van der Waals surface area contributed by atoms with E-state index in [2.05, 4.69) is 11.5 Å². The molecule has 0 aromatic heterocycles. The molecule has 10 heteroatoms. The van der Waals surface area contributed by atoms with Crippen molar-refractivity contribution in [3.8, 4) is 0 Å². The summed E-state index contributed by atoms with van der Waals surface area (Å²) < 4.78 is 26.5. The largest absolute Gasteiger partial charge is 0.464 e. The van der Waals surface area contributed by atoms with Crippen LogP contribution < -0.4 is 0 Å². The third kappa shape index (κ3) is 4.31. The van der Waals surface area contributed by atoms with Crippen molar-refractivity contribution in [2.24, 2.45) is 23.7 Å². The van der Waals surface area contributed by atoms with E-state index in [1.165, 1.54) is 6.92 Å². The number of fused-ring (bicyclic) bond motifs is 1. The lowest BCUT2D eigenvalue weighted by Crippen LogP contribution is -2.44. The average molecular weight is 437 g/mol. The summed E-state index contributed by atoms with van der Waals surface area (Å²) in [6.07, 6.45) is -0.769. The summed E-state index contributed by atoms with van der Waals surface area (Å²) in [5.74, 6) is -4.14. The van der Waals surface area contributed by atoms with E-state index >= 15 is 0 Å². The normalized spacial score (nSPS) is 33.6. The molecular formula is C21H27NO9. The number of hydrogen-bond acceptors (Lipinski definition) is 10. The number of esters is 4. The molecule has 4 fully saturated rings. The third-order valence-corrected chi connectivity index (χ3v) is 6.51. The van der Waals surface area contributed by atoms with E-state index in [1.54, 1.807) is 0 Å². The molecule has 0 N–H and O–H groups in total. The monoisotopic (exact) mass is 437 g/mol. The van der Waals surface area contributed by atoms with Crippen LogP contribution >= 0.6 is 0 Å². The second kappa shape index (κ2) is 8.96. The Hall–Kier alpha value is -2.46. The maximum Gasteiger partial charge on any atom is 0.344 e. The first-order valence-electron chi connectivity index (χ1n) is 10.6. The van der Waals surface area contributed by atoms with Gasteiger partial charge >= 0.3 is 23.9 Å². The zero-order valence-electron chi connectivity index (χ0n) is 17.4. The summed E-state index contributed by atoms with van der Waals surface area (Å²) in [5.41, 5.74) is 0.167. The van der Waals surface area contributed by atoms with Crippen molar-refractivity contribution in [2.75, 3.05) is 46.1 Å². The molecule has 31 heavy (non-hydrogen) atoms. The zero-order chi connectivity index (χ0) is 22.1. The first-order chi connectivity index (χ1) is 14.9. The molecule has 6 unspecified atom stereocenters. The highest BCUT2D eigenvalue weighted by Gasteiger charge is 2.70. The fourth-order valence-corrected chi connectivity index (χ4v) is 5.10.